The topological polar surface area (TPSA) is 23.8 Å². The standard InChI is InChI=1S/C16H9F4N/c17-15-3-1-2-12(9-15)13(10-21)8-11-4-6-14(7-5-11)16(18,19)20/h1-9H/b13-8-. The molecule has 1 nitrogen and oxygen atoms in total. The van der Waals surface area contributed by atoms with Gasteiger partial charge in [0.2, 0.25) is 0 Å². The first-order valence-corrected chi connectivity index (χ1v) is 5.95. The second-order valence-corrected chi connectivity index (χ2v) is 4.30. The molecule has 0 heterocycles. The molecule has 2 aromatic rings. The molecule has 0 unspecified atom stereocenters. The van der Waals surface area contributed by atoms with E-state index in [-0.39, 0.29) is 5.57 Å². The minimum Gasteiger partial charge on any atom is -0.207 e. The van der Waals surface area contributed by atoms with E-state index in [0.717, 1.165) is 12.1 Å². The van der Waals surface area contributed by atoms with E-state index in [2.05, 4.69) is 0 Å². The van der Waals surface area contributed by atoms with Crippen LogP contribution in [0.2, 0.25) is 0 Å². The lowest BCUT2D eigenvalue weighted by atomic mass is 10.0. The molecule has 106 valence electrons. The fourth-order valence-corrected chi connectivity index (χ4v) is 1.77. The molecule has 0 aliphatic carbocycles. The number of allylic oxidation sites excluding steroid dienone is 1. The smallest absolute Gasteiger partial charge is 0.207 e. The molecule has 0 spiro atoms. The van der Waals surface area contributed by atoms with Gasteiger partial charge in [-0.1, -0.05) is 24.3 Å². The van der Waals surface area contributed by atoms with Crippen LogP contribution in [0.4, 0.5) is 17.6 Å². The summed E-state index contributed by atoms with van der Waals surface area (Å²) in [5.74, 6) is -0.485. The molecule has 2 rings (SSSR count). The van der Waals surface area contributed by atoms with Gasteiger partial charge in [-0.05, 0) is 41.5 Å². The van der Waals surface area contributed by atoms with E-state index >= 15 is 0 Å². The largest absolute Gasteiger partial charge is 0.416 e. The number of hydrogen-bond acceptors (Lipinski definition) is 1. The SMILES string of the molecule is N#C/C(=C/c1ccc(C(F)(F)F)cc1)c1cccc(F)c1. The van der Waals surface area contributed by atoms with Crippen molar-refractivity contribution in [2.24, 2.45) is 0 Å². The maximum absolute atomic E-state index is 13.1. The van der Waals surface area contributed by atoms with E-state index in [0.29, 0.717) is 11.1 Å². The second kappa shape index (κ2) is 5.80. The van der Waals surface area contributed by atoms with Crippen LogP contribution in [0.15, 0.2) is 48.5 Å². The lowest BCUT2D eigenvalue weighted by molar-refractivity contribution is -0.137. The monoisotopic (exact) mass is 291 g/mol. The summed E-state index contributed by atoms with van der Waals surface area (Å²) in [6.45, 7) is 0. The molecule has 0 saturated heterocycles. The highest BCUT2D eigenvalue weighted by atomic mass is 19.4. The van der Waals surface area contributed by atoms with Gasteiger partial charge < -0.3 is 0 Å². The number of rotatable bonds is 2. The summed E-state index contributed by atoms with van der Waals surface area (Å²) in [5, 5.41) is 9.09. The lowest BCUT2D eigenvalue weighted by Gasteiger charge is -2.06. The third kappa shape index (κ3) is 3.69. The molecule has 0 aromatic heterocycles. The van der Waals surface area contributed by atoms with Gasteiger partial charge in [-0.15, -0.1) is 0 Å². The van der Waals surface area contributed by atoms with Gasteiger partial charge in [0.25, 0.3) is 0 Å². The van der Waals surface area contributed by atoms with Gasteiger partial charge in [0.05, 0.1) is 17.2 Å². The molecule has 0 radical (unpaired) electrons. The average Bonchev–Trinajstić information content (AvgIpc) is 2.44. The zero-order valence-electron chi connectivity index (χ0n) is 10.7. The van der Waals surface area contributed by atoms with E-state index < -0.39 is 17.6 Å². The highest BCUT2D eigenvalue weighted by Crippen LogP contribution is 2.29. The van der Waals surface area contributed by atoms with Crippen molar-refractivity contribution in [3.63, 3.8) is 0 Å². The van der Waals surface area contributed by atoms with Gasteiger partial charge in [-0.2, -0.15) is 18.4 Å². The first-order chi connectivity index (χ1) is 9.90. The van der Waals surface area contributed by atoms with Crippen molar-refractivity contribution in [2.75, 3.05) is 0 Å². The van der Waals surface area contributed by atoms with Crippen molar-refractivity contribution >= 4 is 11.6 Å². The lowest BCUT2D eigenvalue weighted by Crippen LogP contribution is -2.03. The highest BCUT2D eigenvalue weighted by molar-refractivity contribution is 5.89. The Morgan fingerprint density at radius 3 is 2.24 bits per heavy atom. The first kappa shape index (κ1) is 14.8. The van der Waals surface area contributed by atoms with Crippen molar-refractivity contribution in [2.45, 2.75) is 6.18 Å². The van der Waals surface area contributed by atoms with E-state index in [4.69, 9.17) is 5.26 Å². The molecule has 5 heteroatoms. The number of nitriles is 1. The Kier molecular flexibility index (Phi) is 4.08. The fraction of sp³-hybridized carbons (Fsp3) is 0.0625. The van der Waals surface area contributed by atoms with Crippen LogP contribution in [0.3, 0.4) is 0 Å². The van der Waals surface area contributed by atoms with Crippen molar-refractivity contribution in [3.8, 4) is 6.07 Å². The Morgan fingerprint density at radius 1 is 1.05 bits per heavy atom. The van der Waals surface area contributed by atoms with Gasteiger partial charge in [-0.25, -0.2) is 4.39 Å². The fourth-order valence-electron chi connectivity index (χ4n) is 1.77. The predicted molar refractivity (Wildman–Crippen MR) is 71.3 cm³/mol. The summed E-state index contributed by atoms with van der Waals surface area (Å²) >= 11 is 0. The molecule has 0 atom stereocenters. The van der Waals surface area contributed by atoms with E-state index in [1.54, 1.807) is 6.07 Å². The van der Waals surface area contributed by atoms with Crippen molar-refractivity contribution in [1.82, 2.24) is 0 Å². The maximum Gasteiger partial charge on any atom is 0.416 e. The maximum atomic E-state index is 13.1. The van der Waals surface area contributed by atoms with E-state index in [1.807, 2.05) is 6.07 Å². The molecular weight excluding hydrogens is 282 g/mol. The number of halogens is 4. The van der Waals surface area contributed by atoms with Crippen LogP contribution >= 0.6 is 0 Å². The van der Waals surface area contributed by atoms with Crippen LogP contribution in [0.1, 0.15) is 16.7 Å². The van der Waals surface area contributed by atoms with Crippen molar-refractivity contribution in [1.29, 1.82) is 5.26 Å². The van der Waals surface area contributed by atoms with Crippen LogP contribution in [-0.2, 0) is 6.18 Å². The summed E-state index contributed by atoms with van der Waals surface area (Å²) in [5.41, 5.74) is 0.222. The molecule has 0 saturated carbocycles. The summed E-state index contributed by atoms with van der Waals surface area (Å²) in [7, 11) is 0. The van der Waals surface area contributed by atoms with Crippen LogP contribution in [-0.4, -0.2) is 0 Å². The molecule has 0 N–H and O–H groups in total. The highest BCUT2D eigenvalue weighted by Gasteiger charge is 2.29. The second-order valence-electron chi connectivity index (χ2n) is 4.30. The van der Waals surface area contributed by atoms with Crippen molar-refractivity contribution < 1.29 is 17.6 Å². The summed E-state index contributed by atoms with van der Waals surface area (Å²) in [6.07, 6.45) is -2.99. The normalized spacial score (nSPS) is 12.0. The van der Waals surface area contributed by atoms with Crippen LogP contribution in [0.5, 0.6) is 0 Å². The molecule has 0 aliphatic heterocycles. The first-order valence-electron chi connectivity index (χ1n) is 5.95. The zero-order valence-corrected chi connectivity index (χ0v) is 10.7. The number of benzene rings is 2. The molecule has 0 aliphatic rings. The molecule has 0 bridgehead atoms. The molecular formula is C16H9F4N. The Labute approximate surface area is 118 Å². The zero-order chi connectivity index (χ0) is 15.5. The number of hydrogen-bond donors (Lipinski definition) is 0. The minimum atomic E-state index is -4.40. The van der Waals surface area contributed by atoms with Crippen LogP contribution in [0, 0.1) is 17.1 Å². The van der Waals surface area contributed by atoms with Gasteiger partial charge in [0.15, 0.2) is 0 Å². The van der Waals surface area contributed by atoms with Crippen molar-refractivity contribution in [3.05, 3.63) is 71.0 Å². The Balaban J connectivity index is 2.35. The van der Waals surface area contributed by atoms with Crippen LogP contribution in [0.25, 0.3) is 11.6 Å². The number of nitrogens with zero attached hydrogens (tertiary/aromatic N) is 1. The van der Waals surface area contributed by atoms with E-state index in [1.165, 1.54) is 36.4 Å². The molecule has 2 aromatic carbocycles. The molecule has 0 amide bonds. The summed E-state index contributed by atoms with van der Waals surface area (Å²) in [6, 6.07) is 11.8. The Morgan fingerprint density at radius 2 is 1.71 bits per heavy atom. The predicted octanol–water partition coefficient (Wildman–Crippen LogP) is 4.91. The summed E-state index contributed by atoms with van der Waals surface area (Å²) < 4.78 is 50.5. The summed E-state index contributed by atoms with van der Waals surface area (Å²) in [4.78, 5) is 0. The van der Waals surface area contributed by atoms with Gasteiger partial charge >= 0.3 is 6.18 Å². The average molecular weight is 291 g/mol. The van der Waals surface area contributed by atoms with Gasteiger partial charge in [0, 0.05) is 0 Å². The van der Waals surface area contributed by atoms with Gasteiger partial charge in [0.1, 0.15) is 5.82 Å². The Hall–Kier alpha value is -2.61. The molecule has 21 heavy (non-hydrogen) atoms. The number of alkyl halides is 3. The van der Waals surface area contributed by atoms with Crippen LogP contribution < -0.4 is 0 Å². The third-order valence-electron chi connectivity index (χ3n) is 2.81. The van der Waals surface area contributed by atoms with E-state index in [9.17, 15) is 17.6 Å². The minimum absolute atomic E-state index is 0.175. The Bertz CT molecular complexity index is 706. The third-order valence-corrected chi connectivity index (χ3v) is 2.81. The molecule has 0 fully saturated rings. The van der Waals surface area contributed by atoms with Gasteiger partial charge in [-0.3, -0.25) is 0 Å². The quantitative estimate of drug-likeness (QED) is 0.438.